The third kappa shape index (κ3) is 3.14. The van der Waals surface area contributed by atoms with Crippen LogP contribution in [-0.2, 0) is 0 Å². The van der Waals surface area contributed by atoms with Crippen LogP contribution in [0, 0.1) is 11.2 Å². The van der Waals surface area contributed by atoms with Gasteiger partial charge in [0.05, 0.1) is 11.8 Å². The van der Waals surface area contributed by atoms with Crippen LogP contribution in [0.5, 0.6) is 0 Å². The number of halogens is 1. The van der Waals surface area contributed by atoms with E-state index in [1.165, 1.54) is 18.9 Å². The SMILES string of the molecule is C[C@@H](O)c1cccc(F)c1N(C)C1CCC(C)(C)CC1. The van der Waals surface area contributed by atoms with Crippen LogP contribution in [0.1, 0.15) is 58.1 Å². The number of anilines is 1. The number of rotatable bonds is 3. The monoisotopic (exact) mass is 279 g/mol. The van der Waals surface area contributed by atoms with Crippen molar-refractivity contribution in [1.29, 1.82) is 0 Å². The Bertz CT molecular complexity index is 460. The van der Waals surface area contributed by atoms with Gasteiger partial charge in [0.2, 0.25) is 0 Å². The highest BCUT2D eigenvalue weighted by molar-refractivity contribution is 5.56. The first-order chi connectivity index (χ1) is 9.32. The first-order valence-electron chi connectivity index (χ1n) is 7.51. The van der Waals surface area contributed by atoms with E-state index in [0.717, 1.165) is 12.8 Å². The molecule has 1 N–H and O–H groups in total. The summed E-state index contributed by atoms with van der Waals surface area (Å²) in [6.45, 7) is 6.29. The molecule has 0 radical (unpaired) electrons. The topological polar surface area (TPSA) is 23.5 Å². The van der Waals surface area contributed by atoms with Gasteiger partial charge in [0, 0.05) is 18.7 Å². The maximum atomic E-state index is 14.2. The molecule has 2 nitrogen and oxygen atoms in total. The van der Waals surface area contributed by atoms with E-state index in [4.69, 9.17) is 0 Å². The van der Waals surface area contributed by atoms with E-state index < -0.39 is 6.10 Å². The van der Waals surface area contributed by atoms with Crippen molar-refractivity contribution in [3.05, 3.63) is 29.6 Å². The fourth-order valence-electron chi connectivity index (χ4n) is 3.20. The summed E-state index contributed by atoms with van der Waals surface area (Å²) in [6.07, 6.45) is 3.85. The Morgan fingerprint density at radius 1 is 1.30 bits per heavy atom. The molecular weight excluding hydrogens is 253 g/mol. The van der Waals surface area contributed by atoms with Crippen LogP contribution in [0.2, 0.25) is 0 Å². The average molecular weight is 279 g/mol. The molecule has 0 spiro atoms. The molecule has 0 unspecified atom stereocenters. The highest BCUT2D eigenvalue weighted by Gasteiger charge is 2.30. The van der Waals surface area contributed by atoms with Crippen LogP contribution < -0.4 is 4.90 Å². The molecular formula is C17H26FNO. The predicted molar refractivity (Wildman–Crippen MR) is 81.5 cm³/mol. The number of benzene rings is 1. The van der Waals surface area contributed by atoms with Crippen molar-refractivity contribution < 1.29 is 9.50 Å². The van der Waals surface area contributed by atoms with Gasteiger partial charge < -0.3 is 10.0 Å². The molecule has 0 bridgehead atoms. The summed E-state index contributed by atoms with van der Waals surface area (Å²) in [5.74, 6) is -0.240. The van der Waals surface area contributed by atoms with Gasteiger partial charge in [-0.25, -0.2) is 4.39 Å². The molecule has 1 fully saturated rings. The molecule has 1 aliphatic rings. The van der Waals surface area contributed by atoms with Crippen molar-refractivity contribution >= 4 is 5.69 Å². The van der Waals surface area contributed by atoms with Gasteiger partial charge in [0.1, 0.15) is 5.82 Å². The number of para-hydroxylation sites is 1. The second-order valence-corrected chi connectivity index (χ2v) is 6.86. The van der Waals surface area contributed by atoms with Gasteiger partial charge in [-0.2, -0.15) is 0 Å². The van der Waals surface area contributed by atoms with Gasteiger partial charge in [0.15, 0.2) is 0 Å². The minimum Gasteiger partial charge on any atom is -0.389 e. The number of aliphatic hydroxyl groups excluding tert-OH is 1. The largest absolute Gasteiger partial charge is 0.389 e. The number of nitrogens with zero attached hydrogens (tertiary/aromatic N) is 1. The highest BCUT2D eigenvalue weighted by Crippen LogP contribution is 2.39. The third-order valence-corrected chi connectivity index (χ3v) is 4.68. The predicted octanol–water partition coefficient (Wildman–Crippen LogP) is 4.28. The summed E-state index contributed by atoms with van der Waals surface area (Å²) < 4.78 is 14.2. The van der Waals surface area contributed by atoms with Gasteiger partial charge in [-0.15, -0.1) is 0 Å². The lowest BCUT2D eigenvalue weighted by molar-refractivity contribution is 0.197. The molecule has 0 heterocycles. The number of hydrogen-bond acceptors (Lipinski definition) is 2. The Hall–Kier alpha value is -1.09. The minimum atomic E-state index is -0.650. The number of hydrogen-bond donors (Lipinski definition) is 1. The van der Waals surface area contributed by atoms with E-state index in [-0.39, 0.29) is 5.82 Å². The Morgan fingerprint density at radius 2 is 1.90 bits per heavy atom. The maximum absolute atomic E-state index is 14.2. The van der Waals surface area contributed by atoms with Crippen molar-refractivity contribution in [2.75, 3.05) is 11.9 Å². The first kappa shape index (κ1) is 15.3. The lowest BCUT2D eigenvalue weighted by Crippen LogP contribution is -2.38. The maximum Gasteiger partial charge on any atom is 0.146 e. The van der Waals surface area contributed by atoms with Gasteiger partial charge in [-0.3, -0.25) is 0 Å². The Kier molecular flexibility index (Phi) is 4.38. The third-order valence-electron chi connectivity index (χ3n) is 4.68. The zero-order valence-electron chi connectivity index (χ0n) is 13.0. The van der Waals surface area contributed by atoms with Crippen LogP contribution in [-0.4, -0.2) is 18.2 Å². The van der Waals surface area contributed by atoms with Crippen molar-refractivity contribution in [2.24, 2.45) is 5.41 Å². The molecule has 0 amide bonds. The summed E-state index contributed by atoms with van der Waals surface area (Å²) in [6, 6.07) is 5.31. The van der Waals surface area contributed by atoms with Gasteiger partial charge in [0.25, 0.3) is 0 Å². The van der Waals surface area contributed by atoms with Gasteiger partial charge >= 0.3 is 0 Å². The van der Waals surface area contributed by atoms with E-state index >= 15 is 0 Å². The molecule has 3 heteroatoms. The van der Waals surface area contributed by atoms with Crippen LogP contribution in [0.3, 0.4) is 0 Å². The summed E-state index contributed by atoms with van der Waals surface area (Å²) in [7, 11) is 1.95. The molecule has 1 atom stereocenters. The Labute approximate surface area is 121 Å². The van der Waals surface area contributed by atoms with E-state index in [1.54, 1.807) is 13.0 Å². The molecule has 20 heavy (non-hydrogen) atoms. The number of aliphatic hydroxyl groups is 1. The van der Waals surface area contributed by atoms with E-state index in [2.05, 4.69) is 13.8 Å². The highest BCUT2D eigenvalue weighted by atomic mass is 19.1. The molecule has 1 aliphatic carbocycles. The zero-order chi connectivity index (χ0) is 14.9. The Morgan fingerprint density at radius 3 is 2.45 bits per heavy atom. The standard InChI is InChI=1S/C17H26FNO/c1-12(20)14-6-5-7-15(18)16(14)19(4)13-8-10-17(2,3)11-9-13/h5-7,12-13,20H,8-11H2,1-4H3/t12-/m1/s1. The molecule has 1 aromatic rings. The van der Waals surface area contributed by atoms with Gasteiger partial charge in [-0.1, -0.05) is 26.0 Å². The van der Waals surface area contributed by atoms with Crippen LogP contribution >= 0.6 is 0 Å². The molecule has 112 valence electrons. The van der Waals surface area contributed by atoms with Crippen molar-refractivity contribution in [2.45, 2.75) is 58.6 Å². The van der Waals surface area contributed by atoms with Crippen molar-refractivity contribution in [1.82, 2.24) is 0 Å². The summed E-state index contributed by atoms with van der Waals surface area (Å²) >= 11 is 0. The molecule has 0 aliphatic heterocycles. The molecule has 2 rings (SSSR count). The quantitative estimate of drug-likeness (QED) is 0.892. The fourth-order valence-corrected chi connectivity index (χ4v) is 3.20. The van der Waals surface area contributed by atoms with Crippen LogP contribution in [0.4, 0.5) is 10.1 Å². The van der Waals surface area contributed by atoms with E-state index in [0.29, 0.717) is 22.7 Å². The van der Waals surface area contributed by atoms with E-state index in [9.17, 15) is 9.50 Å². The summed E-state index contributed by atoms with van der Waals surface area (Å²) in [5, 5.41) is 9.87. The lowest BCUT2D eigenvalue weighted by atomic mass is 9.75. The van der Waals surface area contributed by atoms with Crippen LogP contribution in [0.15, 0.2) is 18.2 Å². The van der Waals surface area contributed by atoms with E-state index in [1.807, 2.05) is 18.0 Å². The Balaban J connectivity index is 2.23. The zero-order valence-corrected chi connectivity index (χ0v) is 13.0. The normalized spacial score (nSPS) is 20.7. The van der Waals surface area contributed by atoms with Crippen molar-refractivity contribution in [3.8, 4) is 0 Å². The van der Waals surface area contributed by atoms with Crippen LogP contribution in [0.25, 0.3) is 0 Å². The molecule has 0 aromatic heterocycles. The molecule has 1 saturated carbocycles. The summed E-state index contributed by atoms with van der Waals surface area (Å²) in [5.41, 5.74) is 1.64. The first-order valence-corrected chi connectivity index (χ1v) is 7.51. The summed E-state index contributed by atoms with van der Waals surface area (Å²) in [4.78, 5) is 2.03. The lowest BCUT2D eigenvalue weighted by Gasteiger charge is -2.40. The van der Waals surface area contributed by atoms with Gasteiger partial charge in [-0.05, 0) is 44.1 Å². The molecule has 1 aromatic carbocycles. The fraction of sp³-hybridized carbons (Fsp3) is 0.647. The second-order valence-electron chi connectivity index (χ2n) is 6.86. The molecule has 0 saturated heterocycles. The smallest absolute Gasteiger partial charge is 0.146 e. The minimum absolute atomic E-state index is 0.240. The second kappa shape index (κ2) is 5.72. The average Bonchev–Trinajstić information content (AvgIpc) is 2.37. The van der Waals surface area contributed by atoms with Crippen molar-refractivity contribution in [3.63, 3.8) is 0 Å².